The van der Waals surface area contributed by atoms with Gasteiger partial charge in [0.15, 0.2) is 0 Å². The van der Waals surface area contributed by atoms with E-state index >= 15 is 0 Å². The van der Waals surface area contributed by atoms with E-state index in [1.54, 1.807) is 17.8 Å². The normalized spacial score (nSPS) is 15.8. The number of nitrogens with zero attached hydrogens (tertiary/aromatic N) is 2. The Morgan fingerprint density at radius 3 is 2.64 bits per heavy atom. The molecular formula is C21H26BrN3O3. The van der Waals surface area contributed by atoms with Gasteiger partial charge in [0.1, 0.15) is 12.6 Å². The third-order valence-corrected chi connectivity index (χ3v) is 5.54. The van der Waals surface area contributed by atoms with Crippen LogP contribution in [0.3, 0.4) is 0 Å². The molecule has 1 unspecified atom stereocenters. The summed E-state index contributed by atoms with van der Waals surface area (Å²) in [4.78, 5) is 24.4. The van der Waals surface area contributed by atoms with Crippen LogP contribution in [0.4, 0.5) is 0 Å². The van der Waals surface area contributed by atoms with Gasteiger partial charge in [-0.05, 0) is 37.5 Å². The molecule has 3 rings (SSSR count). The largest absolute Gasteiger partial charge is 0.459 e. The van der Waals surface area contributed by atoms with E-state index in [2.05, 4.69) is 26.3 Å². The topological polar surface area (TPSA) is 73.2 Å². The van der Waals surface area contributed by atoms with E-state index < -0.39 is 12.0 Å². The maximum atomic E-state index is 12.2. The second kappa shape index (κ2) is 9.87. The standard InChI is InChI=1S/C21H26BrN3O3/c1-15(24-20(26)18-5-3-2-4-6-18)21(27)28-14-17-11-23-25(13-17)12-16-7-9-19(22)10-8-16/h7-11,13,15,18H,2-6,12,14H2,1H3,(H,24,26). The summed E-state index contributed by atoms with van der Waals surface area (Å²) in [7, 11) is 0. The molecule has 1 heterocycles. The SMILES string of the molecule is CC(NC(=O)C1CCCCC1)C(=O)OCc1cnn(Cc2ccc(Br)cc2)c1. The van der Waals surface area contributed by atoms with Crippen LogP contribution in [0.2, 0.25) is 0 Å². The Kier molecular flexibility index (Phi) is 7.25. The Hall–Kier alpha value is -2.15. The van der Waals surface area contributed by atoms with Gasteiger partial charge in [0.25, 0.3) is 0 Å². The fourth-order valence-electron chi connectivity index (χ4n) is 3.38. The monoisotopic (exact) mass is 447 g/mol. The Labute approximate surface area is 173 Å². The molecule has 1 saturated carbocycles. The molecule has 0 bridgehead atoms. The first-order chi connectivity index (χ1) is 13.5. The van der Waals surface area contributed by atoms with Gasteiger partial charge in [-0.1, -0.05) is 47.3 Å². The molecule has 1 amide bonds. The van der Waals surface area contributed by atoms with Gasteiger partial charge in [-0.2, -0.15) is 5.10 Å². The predicted molar refractivity (Wildman–Crippen MR) is 109 cm³/mol. The average molecular weight is 448 g/mol. The van der Waals surface area contributed by atoms with Crippen LogP contribution in [-0.2, 0) is 27.5 Å². The average Bonchev–Trinajstić information content (AvgIpc) is 3.15. The van der Waals surface area contributed by atoms with Gasteiger partial charge < -0.3 is 10.1 Å². The van der Waals surface area contributed by atoms with Gasteiger partial charge >= 0.3 is 5.97 Å². The number of hydrogen-bond donors (Lipinski definition) is 1. The lowest BCUT2D eigenvalue weighted by Crippen LogP contribution is -2.42. The summed E-state index contributed by atoms with van der Waals surface area (Å²) in [6.07, 6.45) is 8.73. The van der Waals surface area contributed by atoms with Crippen LogP contribution in [0.15, 0.2) is 41.1 Å². The highest BCUT2D eigenvalue weighted by atomic mass is 79.9. The first-order valence-corrected chi connectivity index (χ1v) is 10.5. The third kappa shape index (κ3) is 5.92. The lowest BCUT2D eigenvalue weighted by molar-refractivity contribution is -0.149. The van der Waals surface area contributed by atoms with Crippen molar-refractivity contribution in [1.82, 2.24) is 15.1 Å². The predicted octanol–water partition coefficient (Wildman–Crippen LogP) is 3.82. The lowest BCUT2D eigenvalue weighted by Gasteiger charge is -2.22. The smallest absolute Gasteiger partial charge is 0.328 e. The molecule has 2 aromatic rings. The highest BCUT2D eigenvalue weighted by Crippen LogP contribution is 2.23. The molecule has 0 aliphatic heterocycles. The van der Waals surface area contributed by atoms with Crippen molar-refractivity contribution in [3.63, 3.8) is 0 Å². The van der Waals surface area contributed by atoms with Crippen LogP contribution in [0, 0.1) is 5.92 Å². The van der Waals surface area contributed by atoms with Crippen LogP contribution in [0.25, 0.3) is 0 Å². The maximum Gasteiger partial charge on any atom is 0.328 e. The number of benzene rings is 1. The van der Waals surface area contributed by atoms with Gasteiger partial charge in [0.05, 0.1) is 12.7 Å². The molecule has 1 atom stereocenters. The van der Waals surface area contributed by atoms with Crippen molar-refractivity contribution < 1.29 is 14.3 Å². The number of halogens is 1. The molecule has 1 N–H and O–H groups in total. The van der Waals surface area contributed by atoms with Crippen LogP contribution in [-0.4, -0.2) is 27.7 Å². The number of amides is 1. The summed E-state index contributed by atoms with van der Waals surface area (Å²) in [6.45, 7) is 2.46. The van der Waals surface area contributed by atoms with Crippen LogP contribution < -0.4 is 5.32 Å². The molecule has 0 radical (unpaired) electrons. The lowest BCUT2D eigenvalue weighted by atomic mass is 9.88. The minimum atomic E-state index is -0.646. The van der Waals surface area contributed by atoms with Crippen molar-refractivity contribution in [1.29, 1.82) is 0 Å². The summed E-state index contributed by atoms with van der Waals surface area (Å²) >= 11 is 3.42. The summed E-state index contributed by atoms with van der Waals surface area (Å²) in [5, 5.41) is 7.10. The van der Waals surface area contributed by atoms with E-state index in [1.165, 1.54) is 6.42 Å². The van der Waals surface area contributed by atoms with Crippen molar-refractivity contribution in [2.45, 2.75) is 58.2 Å². The Balaban J connectivity index is 1.44. The third-order valence-electron chi connectivity index (χ3n) is 5.01. The van der Waals surface area contributed by atoms with Crippen molar-refractivity contribution in [2.75, 3.05) is 0 Å². The zero-order chi connectivity index (χ0) is 19.9. The molecule has 6 nitrogen and oxygen atoms in total. The number of esters is 1. The summed E-state index contributed by atoms with van der Waals surface area (Å²) in [5.41, 5.74) is 1.95. The molecule has 150 valence electrons. The molecule has 1 fully saturated rings. The Morgan fingerprint density at radius 1 is 1.21 bits per heavy atom. The van der Waals surface area contributed by atoms with Crippen LogP contribution in [0.5, 0.6) is 0 Å². The fourth-order valence-corrected chi connectivity index (χ4v) is 3.64. The molecule has 1 aromatic heterocycles. The van der Waals surface area contributed by atoms with E-state index in [0.29, 0.717) is 6.54 Å². The molecule has 1 aromatic carbocycles. The number of hydrogen-bond acceptors (Lipinski definition) is 4. The molecule has 7 heteroatoms. The first kappa shape index (κ1) is 20.6. The van der Waals surface area contributed by atoms with E-state index in [9.17, 15) is 9.59 Å². The Morgan fingerprint density at radius 2 is 1.93 bits per heavy atom. The van der Waals surface area contributed by atoms with Gasteiger partial charge in [-0.25, -0.2) is 4.79 Å². The second-order valence-corrected chi connectivity index (χ2v) is 8.26. The van der Waals surface area contributed by atoms with Crippen molar-refractivity contribution in [3.05, 3.63) is 52.3 Å². The van der Waals surface area contributed by atoms with E-state index in [1.807, 2.05) is 30.5 Å². The molecule has 28 heavy (non-hydrogen) atoms. The minimum absolute atomic E-state index is 0.0286. The number of nitrogens with one attached hydrogen (secondary N) is 1. The minimum Gasteiger partial charge on any atom is -0.459 e. The number of ether oxygens (including phenoxy) is 1. The van der Waals surface area contributed by atoms with Crippen LogP contribution in [0.1, 0.15) is 50.2 Å². The molecule has 1 aliphatic rings. The molecular weight excluding hydrogens is 422 g/mol. The quantitative estimate of drug-likeness (QED) is 0.654. The van der Waals surface area contributed by atoms with Gasteiger partial charge in [-0.3, -0.25) is 9.48 Å². The molecule has 1 aliphatic carbocycles. The number of carbonyl (C=O) groups is 2. The van der Waals surface area contributed by atoms with Crippen molar-refractivity contribution in [3.8, 4) is 0 Å². The van der Waals surface area contributed by atoms with E-state index in [4.69, 9.17) is 4.74 Å². The van der Waals surface area contributed by atoms with E-state index in [0.717, 1.165) is 41.3 Å². The second-order valence-electron chi connectivity index (χ2n) is 7.35. The van der Waals surface area contributed by atoms with Gasteiger partial charge in [0, 0.05) is 22.2 Å². The number of carbonyl (C=O) groups excluding carboxylic acids is 2. The van der Waals surface area contributed by atoms with Crippen molar-refractivity contribution >= 4 is 27.8 Å². The highest BCUT2D eigenvalue weighted by Gasteiger charge is 2.25. The fraction of sp³-hybridized carbons (Fsp3) is 0.476. The number of aromatic nitrogens is 2. The Bertz CT molecular complexity index is 797. The number of rotatable bonds is 7. The summed E-state index contributed by atoms with van der Waals surface area (Å²) in [6, 6.07) is 7.39. The molecule has 0 spiro atoms. The highest BCUT2D eigenvalue weighted by molar-refractivity contribution is 9.10. The maximum absolute atomic E-state index is 12.2. The van der Waals surface area contributed by atoms with Gasteiger partial charge in [-0.15, -0.1) is 0 Å². The zero-order valence-electron chi connectivity index (χ0n) is 16.1. The molecule has 0 saturated heterocycles. The zero-order valence-corrected chi connectivity index (χ0v) is 17.7. The van der Waals surface area contributed by atoms with Crippen molar-refractivity contribution in [2.24, 2.45) is 5.92 Å². The summed E-state index contributed by atoms with van der Waals surface area (Å²) in [5.74, 6) is -0.433. The summed E-state index contributed by atoms with van der Waals surface area (Å²) < 4.78 is 8.19. The van der Waals surface area contributed by atoms with Gasteiger partial charge in [0.2, 0.25) is 5.91 Å². The first-order valence-electron chi connectivity index (χ1n) is 9.74. The van der Waals surface area contributed by atoms with E-state index in [-0.39, 0.29) is 18.4 Å². The van der Waals surface area contributed by atoms with Crippen LogP contribution >= 0.6 is 15.9 Å².